The average Bonchev–Trinajstić information content (AvgIpc) is 3.75. The van der Waals surface area contributed by atoms with Gasteiger partial charge in [-0.25, -0.2) is 4.98 Å². The minimum Gasteiger partial charge on any atom is -0.309 e. The molecule has 0 aliphatic carbocycles. The Morgan fingerprint density at radius 1 is 0.308 bits per heavy atom. The molecule has 0 N–H and O–H groups in total. The van der Waals surface area contributed by atoms with E-state index in [0.717, 1.165) is 50.1 Å². The van der Waals surface area contributed by atoms with Crippen molar-refractivity contribution in [3.63, 3.8) is 0 Å². The van der Waals surface area contributed by atoms with Crippen molar-refractivity contribution in [2.24, 2.45) is 0 Å². The van der Waals surface area contributed by atoms with Crippen molar-refractivity contribution in [3.8, 4) is 56.8 Å². The fraction of sp³-hybridized carbons (Fsp3) is 0. The van der Waals surface area contributed by atoms with Crippen molar-refractivity contribution < 1.29 is 0 Å². The Morgan fingerprint density at radius 2 is 0.731 bits per heavy atom. The van der Waals surface area contributed by atoms with Gasteiger partial charge in [-0.3, -0.25) is 4.57 Å². The topological polar surface area (TPSA) is 48.5 Å². The lowest BCUT2D eigenvalue weighted by molar-refractivity contribution is 0.938. The monoisotopic (exact) mass is 665 g/mol. The Bertz CT molecular complexity index is 2760. The molecule has 10 rings (SSSR count). The third-order valence-electron chi connectivity index (χ3n) is 9.80. The zero-order valence-electron chi connectivity index (χ0n) is 28.1. The summed E-state index contributed by atoms with van der Waals surface area (Å²) in [5.74, 6) is 1.81. The highest BCUT2D eigenvalue weighted by atomic mass is 15.2. The van der Waals surface area contributed by atoms with Gasteiger partial charge in [0.1, 0.15) is 0 Å². The van der Waals surface area contributed by atoms with Crippen LogP contribution in [0.1, 0.15) is 0 Å². The van der Waals surface area contributed by atoms with Crippen LogP contribution < -0.4 is 0 Å². The first-order chi connectivity index (χ1) is 25.8. The van der Waals surface area contributed by atoms with Crippen LogP contribution in [0.3, 0.4) is 0 Å². The molecule has 3 aromatic heterocycles. The number of rotatable bonds is 6. The summed E-state index contributed by atoms with van der Waals surface area (Å²) < 4.78 is 4.57. The maximum atomic E-state index is 5.21. The molecule has 0 radical (unpaired) electrons. The standard InChI is InChI=1S/C47H31N5/c1-4-16-32(17-5-1)43-39-24-12-15-27-42(39)52(47-49-45(34-18-6-2-7-19-34)48-46(50-47)35-20-8-3-9-21-35)44(43)33-28-30-36(31-29-33)51-40-25-13-10-22-37(40)38-23-11-14-26-41(38)51/h1-31H. The van der Waals surface area contributed by atoms with E-state index in [1.807, 2.05) is 60.7 Å². The minimum absolute atomic E-state index is 0.563. The predicted octanol–water partition coefficient (Wildman–Crippen LogP) is 11.6. The van der Waals surface area contributed by atoms with E-state index in [2.05, 4.69) is 137 Å². The lowest BCUT2D eigenvalue weighted by Gasteiger charge is -2.15. The van der Waals surface area contributed by atoms with Gasteiger partial charge in [-0.1, -0.05) is 158 Å². The summed E-state index contributed by atoms with van der Waals surface area (Å²) in [5.41, 5.74) is 10.7. The second-order valence-electron chi connectivity index (χ2n) is 12.9. The van der Waals surface area contributed by atoms with Crippen molar-refractivity contribution in [2.75, 3.05) is 0 Å². The number of benzene rings is 7. The molecule has 244 valence electrons. The van der Waals surface area contributed by atoms with Gasteiger partial charge < -0.3 is 4.57 Å². The fourth-order valence-corrected chi connectivity index (χ4v) is 7.48. The molecule has 0 aliphatic heterocycles. The number of para-hydroxylation sites is 3. The van der Waals surface area contributed by atoms with E-state index < -0.39 is 0 Å². The Kier molecular flexibility index (Phi) is 7.07. The Balaban J connectivity index is 1.25. The quantitative estimate of drug-likeness (QED) is 0.178. The minimum atomic E-state index is 0.563. The van der Waals surface area contributed by atoms with Crippen molar-refractivity contribution in [1.29, 1.82) is 0 Å². The highest BCUT2D eigenvalue weighted by Crippen LogP contribution is 2.43. The molecular weight excluding hydrogens is 635 g/mol. The maximum Gasteiger partial charge on any atom is 0.238 e. The molecule has 0 spiro atoms. The summed E-state index contributed by atoms with van der Waals surface area (Å²) >= 11 is 0. The van der Waals surface area contributed by atoms with Gasteiger partial charge in [0.25, 0.3) is 0 Å². The lowest BCUT2D eigenvalue weighted by atomic mass is 9.98. The van der Waals surface area contributed by atoms with Crippen LogP contribution in [-0.2, 0) is 0 Å². The lowest BCUT2D eigenvalue weighted by Crippen LogP contribution is -2.08. The fourth-order valence-electron chi connectivity index (χ4n) is 7.48. The van der Waals surface area contributed by atoms with Crippen molar-refractivity contribution in [3.05, 3.63) is 188 Å². The molecule has 5 heteroatoms. The summed E-state index contributed by atoms with van der Waals surface area (Å²) in [6.07, 6.45) is 0. The molecule has 10 aromatic rings. The van der Waals surface area contributed by atoms with Crippen LogP contribution in [0.5, 0.6) is 0 Å². The third-order valence-corrected chi connectivity index (χ3v) is 9.80. The summed E-state index contributed by atoms with van der Waals surface area (Å²) in [4.78, 5) is 15.4. The van der Waals surface area contributed by atoms with Gasteiger partial charge in [0.2, 0.25) is 5.95 Å². The van der Waals surface area contributed by atoms with Crippen LogP contribution in [0, 0.1) is 0 Å². The van der Waals surface area contributed by atoms with E-state index in [9.17, 15) is 0 Å². The first-order valence-electron chi connectivity index (χ1n) is 17.5. The predicted molar refractivity (Wildman–Crippen MR) is 213 cm³/mol. The van der Waals surface area contributed by atoms with Gasteiger partial charge in [-0.15, -0.1) is 0 Å². The molecule has 0 aliphatic rings. The second-order valence-corrected chi connectivity index (χ2v) is 12.9. The number of aromatic nitrogens is 5. The first kappa shape index (κ1) is 29.8. The van der Waals surface area contributed by atoms with E-state index in [-0.39, 0.29) is 0 Å². The van der Waals surface area contributed by atoms with Gasteiger partial charge in [-0.2, -0.15) is 9.97 Å². The SMILES string of the molecule is c1ccc(-c2nc(-c3ccccc3)nc(-n3c(-c4ccc(-n5c6ccccc6c6ccccc65)cc4)c(-c4ccccc4)c4ccccc43)n2)cc1. The number of hydrogen-bond donors (Lipinski definition) is 0. The van der Waals surface area contributed by atoms with Crippen molar-refractivity contribution in [1.82, 2.24) is 24.1 Å². The first-order valence-corrected chi connectivity index (χ1v) is 17.5. The average molecular weight is 666 g/mol. The Hall–Kier alpha value is -7.11. The maximum absolute atomic E-state index is 5.21. The van der Waals surface area contributed by atoms with Crippen LogP contribution in [0.4, 0.5) is 0 Å². The van der Waals surface area contributed by atoms with Gasteiger partial charge in [0.15, 0.2) is 11.6 Å². The molecule has 0 atom stereocenters. The van der Waals surface area contributed by atoms with E-state index in [0.29, 0.717) is 17.6 Å². The van der Waals surface area contributed by atoms with E-state index >= 15 is 0 Å². The Morgan fingerprint density at radius 3 is 1.25 bits per heavy atom. The summed E-state index contributed by atoms with van der Waals surface area (Å²) in [6, 6.07) is 65.6. The third kappa shape index (κ3) is 4.90. The van der Waals surface area contributed by atoms with Gasteiger partial charge in [-0.05, 0) is 41.5 Å². The molecule has 0 amide bonds. The molecule has 5 nitrogen and oxygen atoms in total. The molecule has 0 saturated heterocycles. The highest BCUT2D eigenvalue weighted by molar-refractivity contribution is 6.09. The molecule has 3 heterocycles. The highest BCUT2D eigenvalue weighted by Gasteiger charge is 2.24. The van der Waals surface area contributed by atoms with Crippen molar-refractivity contribution in [2.45, 2.75) is 0 Å². The van der Waals surface area contributed by atoms with Crippen LogP contribution in [0.25, 0.3) is 89.5 Å². The number of hydrogen-bond acceptors (Lipinski definition) is 3. The normalized spacial score (nSPS) is 11.5. The van der Waals surface area contributed by atoms with Gasteiger partial charge in [0, 0.05) is 38.5 Å². The van der Waals surface area contributed by atoms with Gasteiger partial charge in [0.05, 0.1) is 22.2 Å². The van der Waals surface area contributed by atoms with Crippen LogP contribution >= 0.6 is 0 Å². The number of fused-ring (bicyclic) bond motifs is 4. The molecule has 52 heavy (non-hydrogen) atoms. The summed E-state index contributed by atoms with van der Waals surface area (Å²) in [5, 5.41) is 3.61. The van der Waals surface area contributed by atoms with Gasteiger partial charge >= 0.3 is 0 Å². The Labute approximate surface area is 300 Å². The van der Waals surface area contributed by atoms with E-state index in [4.69, 9.17) is 15.0 Å². The molecule has 0 bridgehead atoms. The smallest absolute Gasteiger partial charge is 0.238 e. The van der Waals surface area contributed by atoms with E-state index in [1.54, 1.807) is 0 Å². The summed E-state index contributed by atoms with van der Waals surface area (Å²) in [7, 11) is 0. The zero-order valence-corrected chi connectivity index (χ0v) is 28.1. The van der Waals surface area contributed by atoms with Crippen LogP contribution in [0.15, 0.2) is 188 Å². The largest absolute Gasteiger partial charge is 0.309 e. The zero-order chi connectivity index (χ0) is 34.4. The van der Waals surface area contributed by atoms with E-state index in [1.165, 1.54) is 21.8 Å². The summed E-state index contributed by atoms with van der Waals surface area (Å²) in [6.45, 7) is 0. The molecular formula is C47H31N5. The second kappa shape index (κ2) is 12.3. The van der Waals surface area contributed by atoms with Crippen molar-refractivity contribution >= 4 is 32.7 Å². The number of nitrogens with zero attached hydrogens (tertiary/aromatic N) is 5. The van der Waals surface area contributed by atoms with Crippen LogP contribution in [-0.4, -0.2) is 24.1 Å². The molecule has 7 aromatic carbocycles. The molecule has 0 saturated carbocycles. The molecule has 0 unspecified atom stereocenters. The van der Waals surface area contributed by atoms with Crippen LogP contribution in [0.2, 0.25) is 0 Å². The molecule has 0 fully saturated rings.